The summed E-state index contributed by atoms with van der Waals surface area (Å²) < 4.78 is 5.06. The van der Waals surface area contributed by atoms with Crippen LogP contribution in [0.4, 0.5) is 5.69 Å². The minimum Gasteiger partial charge on any atom is -0.494 e. The summed E-state index contributed by atoms with van der Waals surface area (Å²) in [5, 5.41) is 4.52. The lowest BCUT2D eigenvalue weighted by molar-refractivity contribution is -0.113. The number of aryl methyl sites for hydroxylation is 1. The van der Waals surface area contributed by atoms with Gasteiger partial charge in [0, 0.05) is 10.3 Å². The van der Waals surface area contributed by atoms with Crippen molar-refractivity contribution in [2.24, 2.45) is 0 Å². The molecule has 1 amide bonds. The van der Waals surface area contributed by atoms with Gasteiger partial charge in [0.15, 0.2) is 5.75 Å². The zero-order chi connectivity index (χ0) is 9.84. The Morgan fingerprint density at radius 2 is 2.46 bits per heavy atom. The van der Waals surface area contributed by atoms with Crippen molar-refractivity contribution in [2.45, 2.75) is 6.92 Å². The normalized spacial score (nSPS) is 9.77. The predicted octanol–water partition coefficient (Wildman–Crippen LogP) is 2.24. The van der Waals surface area contributed by atoms with Crippen LogP contribution in [0.1, 0.15) is 4.88 Å². The van der Waals surface area contributed by atoms with Crippen LogP contribution in [0.5, 0.6) is 5.75 Å². The van der Waals surface area contributed by atoms with Crippen molar-refractivity contribution in [1.29, 1.82) is 0 Å². The van der Waals surface area contributed by atoms with E-state index in [1.54, 1.807) is 7.11 Å². The lowest BCUT2D eigenvalue weighted by Gasteiger charge is -2.04. The fraction of sp³-hybridized carbons (Fsp3) is 0.375. The van der Waals surface area contributed by atoms with Gasteiger partial charge in [-0.3, -0.25) is 4.79 Å². The van der Waals surface area contributed by atoms with Gasteiger partial charge in [-0.15, -0.1) is 22.9 Å². The third-order valence-electron chi connectivity index (χ3n) is 1.55. The third kappa shape index (κ3) is 2.35. The second kappa shape index (κ2) is 4.48. The van der Waals surface area contributed by atoms with E-state index in [1.807, 2.05) is 12.3 Å². The first-order chi connectivity index (χ1) is 6.19. The van der Waals surface area contributed by atoms with E-state index in [0.717, 1.165) is 10.6 Å². The van der Waals surface area contributed by atoms with E-state index < -0.39 is 0 Å². The molecule has 0 atom stereocenters. The Balaban J connectivity index is 2.85. The Kier molecular flexibility index (Phi) is 3.57. The van der Waals surface area contributed by atoms with Gasteiger partial charge >= 0.3 is 0 Å². The highest BCUT2D eigenvalue weighted by Crippen LogP contribution is 2.33. The average molecular weight is 220 g/mol. The number of carbonyl (C=O) groups is 1. The fourth-order valence-electron chi connectivity index (χ4n) is 0.906. The SMILES string of the molecule is COc1csc(C)c1NC(=O)CCl. The van der Waals surface area contributed by atoms with Gasteiger partial charge in [0.1, 0.15) is 5.88 Å². The topological polar surface area (TPSA) is 38.3 Å². The average Bonchev–Trinajstić information content (AvgIpc) is 2.48. The maximum atomic E-state index is 11.0. The number of thiophene rings is 1. The molecule has 0 spiro atoms. The van der Waals surface area contributed by atoms with Gasteiger partial charge in [-0.25, -0.2) is 0 Å². The quantitative estimate of drug-likeness (QED) is 0.792. The second-order valence-corrected chi connectivity index (χ2v) is 3.77. The van der Waals surface area contributed by atoms with Crippen molar-refractivity contribution < 1.29 is 9.53 Å². The first-order valence-corrected chi connectivity index (χ1v) is 5.08. The Hall–Kier alpha value is -0.740. The summed E-state index contributed by atoms with van der Waals surface area (Å²) in [5.41, 5.74) is 0.721. The molecule has 0 saturated heterocycles. The first kappa shape index (κ1) is 10.3. The molecule has 0 fully saturated rings. The zero-order valence-electron chi connectivity index (χ0n) is 7.39. The fourth-order valence-corrected chi connectivity index (χ4v) is 1.74. The van der Waals surface area contributed by atoms with Crippen molar-refractivity contribution in [3.63, 3.8) is 0 Å². The van der Waals surface area contributed by atoms with Crippen LogP contribution in [0.2, 0.25) is 0 Å². The Morgan fingerprint density at radius 3 is 3.00 bits per heavy atom. The highest BCUT2D eigenvalue weighted by Gasteiger charge is 2.11. The predicted molar refractivity (Wildman–Crippen MR) is 55.0 cm³/mol. The van der Waals surface area contributed by atoms with Crippen LogP contribution in [0.3, 0.4) is 0 Å². The van der Waals surface area contributed by atoms with Gasteiger partial charge in [-0.1, -0.05) is 0 Å². The van der Waals surface area contributed by atoms with Crippen LogP contribution < -0.4 is 10.1 Å². The van der Waals surface area contributed by atoms with Gasteiger partial charge in [-0.2, -0.15) is 0 Å². The molecule has 1 aromatic heterocycles. The van der Waals surface area contributed by atoms with E-state index in [4.69, 9.17) is 16.3 Å². The Labute approximate surface area is 85.7 Å². The number of rotatable bonds is 3. The molecule has 72 valence electrons. The van der Waals surface area contributed by atoms with E-state index in [0.29, 0.717) is 5.75 Å². The minimum atomic E-state index is -0.221. The van der Waals surface area contributed by atoms with Crippen LogP contribution in [0.25, 0.3) is 0 Å². The molecule has 0 aliphatic rings. The Bertz CT molecular complexity index is 311. The molecule has 0 bridgehead atoms. The molecule has 0 radical (unpaired) electrons. The molecule has 0 unspecified atom stereocenters. The number of ether oxygens (including phenoxy) is 1. The molecule has 1 rings (SSSR count). The van der Waals surface area contributed by atoms with Crippen molar-refractivity contribution >= 4 is 34.5 Å². The number of alkyl halides is 1. The molecular weight excluding hydrogens is 210 g/mol. The van der Waals surface area contributed by atoms with Crippen LogP contribution >= 0.6 is 22.9 Å². The summed E-state index contributed by atoms with van der Waals surface area (Å²) in [5.74, 6) is 0.417. The van der Waals surface area contributed by atoms with Crippen molar-refractivity contribution in [3.05, 3.63) is 10.3 Å². The highest BCUT2D eigenvalue weighted by molar-refractivity contribution is 7.10. The molecule has 1 heterocycles. The van der Waals surface area contributed by atoms with Crippen LogP contribution in [-0.2, 0) is 4.79 Å². The van der Waals surface area contributed by atoms with E-state index >= 15 is 0 Å². The highest BCUT2D eigenvalue weighted by atomic mass is 35.5. The lowest BCUT2D eigenvalue weighted by Crippen LogP contribution is -2.13. The third-order valence-corrected chi connectivity index (χ3v) is 2.68. The van der Waals surface area contributed by atoms with Crippen LogP contribution in [-0.4, -0.2) is 18.9 Å². The minimum absolute atomic E-state index is 0.0432. The van der Waals surface area contributed by atoms with Gasteiger partial charge in [0.2, 0.25) is 5.91 Å². The van der Waals surface area contributed by atoms with Gasteiger partial charge in [0.05, 0.1) is 12.8 Å². The number of hydrogen-bond acceptors (Lipinski definition) is 3. The maximum Gasteiger partial charge on any atom is 0.239 e. The summed E-state index contributed by atoms with van der Waals surface area (Å²) in [4.78, 5) is 12.0. The molecule has 13 heavy (non-hydrogen) atoms. The molecule has 3 nitrogen and oxygen atoms in total. The molecular formula is C8H10ClNO2S. The van der Waals surface area contributed by atoms with Crippen molar-refractivity contribution in [3.8, 4) is 5.75 Å². The lowest BCUT2D eigenvalue weighted by atomic mass is 10.4. The van der Waals surface area contributed by atoms with Crippen molar-refractivity contribution in [1.82, 2.24) is 0 Å². The second-order valence-electron chi connectivity index (χ2n) is 2.42. The number of halogens is 1. The van der Waals surface area contributed by atoms with Crippen molar-refractivity contribution in [2.75, 3.05) is 18.3 Å². The summed E-state index contributed by atoms with van der Waals surface area (Å²) in [6.07, 6.45) is 0. The number of methoxy groups -OCH3 is 1. The molecule has 0 aliphatic heterocycles. The van der Waals surface area contributed by atoms with E-state index in [-0.39, 0.29) is 11.8 Å². The smallest absolute Gasteiger partial charge is 0.239 e. The summed E-state index contributed by atoms with van der Waals surface area (Å²) >= 11 is 6.89. The standard InChI is InChI=1S/C8H10ClNO2S/c1-5-8(10-7(11)3-9)6(12-2)4-13-5/h4H,3H2,1-2H3,(H,10,11). The zero-order valence-corrected chi connectivity index (χ0v) is 8.96. The number of anilines is 1. The van der Waals surface area contributed by atoms with Gasteiger partial charge in [0.25, 0.3) is 0 Å². The molecule has 0 aliphatic carbocycles. The number of amides is 1. The maximum absolute atomic E-state index is 11.0. The first-order valence-electron chi connectivity index (χ1n) is 3.67. The molecule has 1 aromatic rings. The molecule has 0 aromatic carbocycles. The molecule has 5 heteroatoms. The van der Waals surface area contributed by atoms with Crippen LogP contribution in [0.15, 0.2) is 5.38 Å². The molecule has 0 saturated carbocycles. The summed E-state index contributed by atoms with van der Waals surface area (Å²) in [7, 11) is 1.57. The summed E-state index contributed by atoms with van der Waals surface area (Å²) in [6.45, 7) is 1.91. The number of hydrogen-bond donors (Lipinski definition) is 1. The van der Waals surface area contributed by atoms with E-state index in [9.17, 15) is 4.79 Å². The monoisotopic (exact) mass is 219 g/mol. The van der Waals surface area contributed by atoms with Gasteiger partial charge < -0.3 is 10.1 Å². The number of nitrogens with one attached hydrogen (secondary N) is 1. The van der Waals surface area contributed by atoms with Crippen LogP contribution in [0, 0.1) is 6.92 Å². The van der Waals surface area contributed by atoms with E-state index in [1.165, 1.54) is 11.3 Å². The largest absolute Gasteiger partial charge is 0.494 e. The molecule has 1 N–H and O–H groups in total. The number of carbonyl (C=O) groups excluding carboxylic acids is 1. The van der Waals surface area contributed by atoms with E-state index in [2.05, 4.69) is 5.32 Å². The summed E-state index contributed by atoms with van der Waals surface area (Å²) in [6, 6.07) is 0. The Morgan fingerprint density at radius 1 is 1.77 bits per heavy atom. The van der Waals surface area contributed by atoms with Gasteiger partial charge in [-0.05, 0) is 6.92 Å².